The maximum absolute atomic E-state index is 12.4. The molecule has 164 valence electrons. The summed E-state index contributed by atoms with van der Waals surface area (Å²) in [5.74, 6) is 1.75. The molecule has 8 nitrogen and oxygen atoms in total. The van der Waals surface area contributed by atoms with Crippen molar-refractivity contribution in [1.82, 2.24) is 25.0 Å². The molecule has 3 heterocycles. The SMILES string of the molecule is Cc1occc1-c1nnc(SCC(=O)NCC2CN(Cc3ccccc3)CCO2)n1C. The Morgan fingerprint density at radius 1 is 1.26 bits per heavy atom. The minimum atomic E-state index is -0.0437. The molecule has 4 rings (SSSR count). The molecular formula is C22H27N5O3S. The Morgan fingerprint density at radius 2 is 2.10 bits per heavy atom. The van der Waals surface area contributed by atoms with Gasteiger partial charge in [0.25, 0.3) is 0 Å². The molecule has 1 N–H and O–H groups in total. The summed E-state index contributed by atoms with van der Waals surface area (Å²) in [5, 5.41) is 12.1. The highest BCUT2D eigenvalue weighted by Crippen LogP contribution is 2.25. The van der Waals surface area contributed by atoms with E-state index in [9.17, 15) is 4.79 Å². The molecule has 1 aliphatic heterocycles. The molecular weight excluding hydrogens is 414 g/mol. The van der Waals surface area contributed by atoms with E-state index in [1.165, 1.54) is 17.3 Å². The van der Waals surface area contributed by atoms with E-state index in [0.717, 1.165) is 36.8 Å². The van der Waals surface area contributed by atoms with Crippen LogP contribution >= 0.6 is 11.8 Å². The number of benzene rings is 1. The summed E-state index contributed by atoms with van der Waals surface area (Å²) in [6, 6.07) is 12.3. The predicted molar refractivity (Wildman–Crippen MR) is 119 cm³/mol. The Hall–Kier alpha value is -2.62. The minimum Gasteiger partial charge on any atom is -0.469 e. The fourth-order valence-electron chi connectivity index (χ4n) is 3.59. The summed E-state index contributed by atoms with van der Waals surface area (Å²) in [6.07, 6.45) is 1.63. The zero-order valence-electron chi connectivity index (χ0n) is 17.8. The number of hydrogen-bond donors (Lipinski definition) is 1. The van der Waals surface area contributed by atoms with E-state index in [1.54, 1.807) is 6.26 Å². The lowest BCUT2D eigenvalue weighted by Crippen LogP contribution is -2.47. The van der Waals surface area contributed by atoms with E-state index < -0.39 is 0 Å². The molecule has 3 aromatic rings. The second-order valence-corrected chi connectivity index (χ2v) is 8.50. The van der Waals surface area contributed by atoms with Crippen LogP contribution in [0.3, 0.4) is 0 Å². The lowest BCUT2D eigenvalue weighted by Gasteiger charge is -2.33. The first kappa shape index (κ1) is 21.6. The van der Waals surface area contributed by atoms with Gasteiger partial charge in [-0.1, -0.05) is 42.1 Å². The number of aromatic nitrogens is 3. The van der Waals surface area contributed by atoms with Crippen molar-refractivity contribution in [3.05, 3.63) is 54.0 Å². The van der Waals surface area contributed by atoms with Crippen molar-refractivity contribution in [3.8, 4) is 11.4 Å². The van der Waals surface area contributed by atoms with Crippen LogP contribution in [0.4, 0.5) is 0 Å². The van der Waals surface area contributed by atoms with E-state index in [-0.39, 0.29) is 17.8 Å². The molecule has 1 unspecified atom stereocenters. The molecule has 0 radical (unpaired) electrons. The van der Waals surface area contributed by atoms with Crippen molar-refractivity contribution < 1.29 is 13.9 Å². The number of amides is 1. The third kappa shape index (κ3) is 5.55. The van der Waals surface area contributed by atoms with Gasteiger partial charge in [0.1, 0.15) is 5.76 Å². The van der Waals surface area contributed by atoms with Crippen LogP contribution in [-0.4, -0.2) is 63.7 Å². The van der Waals surface area contributed by atoms with Crippen molar-refractivity contribution in [3.63, 3.8) is 0 Å². The van der Waals surface area contributed by atoms with E-state index >= 15 is 0 Å². The van der Waals surface area contributed by atoms with Gasteiger partial charge in [-0.05, 0) is 18.6 Å². The Balaban J connectivity index is 1.23. The molecule has 1 aromatic carbocycles. The normalized spacial score (nSPS) is 17.0. The second-order valence-electron chi connectivity index (χ2n) is 7.56. The molecule has 0 spiro atoms. The predicted octanol–water partition coefficient (Wildman–Crippen LogP) is 2.49. The van der Waals surface area contributed by atoms with E-state index in [1.807, 2.05) is 30.7 Å². The highest BCUT2D eigenvalue weighted by atomic mass is 32.2. The van der Waals surface area contributed by atoms with Crippen molar-refractivity contribution in [2.24, 2.45) is 7.05 Å². The molecule has 1 fully saturated rings. The quantitative estimate of drug-likeness (QED) is 0.538. The number of carbonyl (C=O) groups is 1. The van der Waals surface area contributed by atoms with Gasteiger partial charge in [-0.25, -0.2) is 0 Å². The van der Waals surface area contributed by atoms with Crippen molar-refractivity contribution in [1.29, 1.82) is 0 Å². The average Bonchev–Trinajstić information content (AvgIpc) is 3.36. The first-order valence-corrected chi connectivity index (χ1v) is 11.3. The molecule has 1 atom stereocenters. The van der Waals surface area contributed by atoms with Crippen LogP contribution in [0.25, 0.3) is 11.4 Å². The molecule has 0 bridgehead atoms. The summed E-state index contributed by atoms with van der Waals surface area (Å²) < 4.78 is 13.1. The van der Waals surface area contributed by atoms with E-state index in [0.29, 0.717) is 18.3 Å². The van der Waals surface area contributed by atoms with Crippen molar-refractivity contribution in [2.75, 3.05) is 32.0 Å². The smallest absolute Gasteiger partial charge is 0.230 e. The molecule has 1 amide bonds. The zero-order chi connectivity index (χ0) is 21.6. The van der Waals surface area contributed by atoms with Crippen LogP contribution in [-0.2, 0) is 23.1 Å². The number of rotatable bonds is 8. The van der Waals surface area contributed by atoms with Crippen LogP contribution < -0.4 is 5.32 Å². The highest BCUT2D eigenvalue weighted by Gasteiger charge is 2.21. The highest BCUT2D eigenvalue weighted by molar-refractivity contribution is 7.99. The van der Waals surface area contributed by atoms with Crippen LogP contribution in [0.15, 0.2) is 52.2 Å². The number of morpholine rings is 1. The van der Waals surface area contributed by atoms with Crippen molar-refractivity contribution >= 4 is 17.7 Å². The summed E-state index contributed by atoms with van der Waals surface area (Å²) >= 11 is 1.36. The lowest BCUT2D eigenvalue weighted by molar-refractivity contribution is -0.119. The third-order valence-corrected chi connectivity index (χ3v) is 6.29. The summed E-state index contributed by atoms with van der Waals surface area (Å²) in [7, 11) is 1.89. The number of nitrogens with zero attached hydrogens (tertiary/aromatic N) is 4. The maximum Gasteiger partial charge on any atom is 0.230 e. The molecule has 1 saturated heterocycles. The molecule has 0 aliphatic carbocycles. The van der Waals surface area contributed by atoms with Gasteiger partial charge in [-0.15, -0.1) is 10.2 Å². The Bertz CT molecular complexity index is 1000. The Kier molecular flexibility index (Phi) is 7.06. The number of ether oxygens (including phenoxy) is 1. The van der Waals surface area contributed by atoms with E-state index in [4.69, 9.17) is 9.15 Å². The fourth-order valence-corrected chi connectivity index (χ4v) is 4.33. The second kappa shape index (κ2) is 10.1. The topological polar surface area (TPSA) is 85.4 Å². The fraction of sp³-hybridized carbons (Fsp3) is 0.409. The first-order valence-electron chi connectivity index (χ1n) is 10.3. The number of hydrogen-bond acceptors (Lipinski definition) is 7. The number of carbonyl (C=O) groups excluding carboxylic acids is 1. The van der Waals surface area contributed by atoms with Gasteiger partial charge >= 0.3 is 0 Å². The minimum absolute atomic E-state index is 0.00286. The van der Waals surface area contributed by atoms with Gasteiger partial charge in [0.2, 0.25) is 5.91 Å². The zero-order valence-corrected chi connectivity index (χ0v) is 18.6. The third-order valence-electron chi connectivity index (χ3n) is 5.27. The summed E-state index contributed by atoms with van der Waals surface area (Å²) in [5.41, 5.74) is 2.19. The lowest BCUT2D eigenvalue weighted by atomic mass is 10.2. The number of thioether (sulfide) groups is 1. The van der Waals surface area contributed by atoms with Crippen LogP contribution in [0.5, 0.6) is 0 Å². The molecule has 2 aromatic heterocycles. The molecule has 0 saturated carbocycles. The maximum atomic E-state index is 12.4. The largest absolute Gasteiger partial charge is 0.469 e. The first-order chi connectivity index (χ1) is 15.1. The summed E-state index contributed by atoms with van der Waals surface area (Å²) in [6.45, 7) is 5.67. The molecule has 9 heteroatoms. The number of nitrogens with one attached hydrogen (secondary N) is 1. The van der Waals surface area contributed by atoms with Crippen LogP contribution in [0.2, 0.25) is 0 Å². The number of aryl methyl sites for hydroxylation is 1. The number of furan rings is 1. The van der Waals surface area contributed by atoms with Crippen molar-refractivity contribution in [2.45, 2.75) is 24.7 Å². The summed E-state index contributed by atoms with van der Waals surface area (Å²) in [4.78, 5) is 14.7. The van der Waals surface area contributed by atoms with E-state index in [2.05, 4.69) is 44.7 Å². The van der Waals surface area contributed by atoms with Gasteiger partial charge in [0, 0.05) is 33.2 Å². The molecule has 31 heavy (non-hydrogen) atoms. The van der Waals surface area contributed by atoms with Gasteiger partial charge < -0.3 is 19.0 Å². The average molecular weight is 442 g/mol. The van der Waals surface area contributed by atoms with Gasteiger partial charge in [0.15, 0.2) is 11.0 Å². The monoisotopic (exact) mass is 441 g/mol. The Morgan fingerprint density at radius 3 is 2.87 bits per heavy atom. The van der Waals surface area contributed by atoms with Crippen LogP contribution in [0, 0.1) is 6.92 Å². The van der Waals surface area contributed by atoms with Gasteiger partial charge in [0.05, 0.1) is 30.3 Å². The standard InChI is InChI=1S/C22H27N5O3S/c1-16-19(8-10-29-16)21-24-25-22(26(21)2)31-15-20(28)23-12-18-14-27(9-11-30-18)13-17-6-4-3-5-7-17/h3-8,10,18H,9,11-15H2,1-2H3,(H,23,28). The van der Waals surface area contributed by atoms with Gasteiger partial charge in [-0.2, -0.15) is 0 Å². The molecule has 1 aliphatic rings. The Labute approximate surface area is 186 Å². The van der Waals surface area contributed by atoms with Crippen LogP contribution in [0.1, 0.15) is 11.3 Å². The van der Waals surface area contributed by atoms with Gasteiger partial charge in [-0.3, -0.25) is 9.69 Å².